The SMILES string of the molecule is Cc1nnc(CN(C)C(=O)c2coc(COc3cccc4cccnc34)n2)o1. The fourth-order valence-electron chi connectivity index (χ4n) is 2.68. The molecule has 0 aliphatic carbocycles. The minimum absolute atomic E-state index is 0.0789. The molecule has 0 atom stereocenters. The molecule has 28 heavy (non-hydrogen) atoms. The molecule has 0 unspecified atom stereocenters. The molecule has 3 heterocycles. The molecule has 9 heteroatoms. The Morgan fingerprint density at radius 1 is 1.18 bits per heavy atom. The summed E-state index contributed by atoms with van der Waals surface area (Å²) in [5.41, 5.74) is 0.927. The van der Waals surface area contributed by atoms with Crippen LogP contribution in [0.2, 0.25) is 0 Å². The molecule has 0 spiro atoms. The van der Waals surface area contributed by atoms with E-state index >= 15 is 0 Å². The zero-order valence-corrected chi connectivity index (χ0v) is 15.3. The van der Waals surface area contributed by atoms with Gasteiger partial charge in [0.05, 0.1) is 6.54 Å². The van der Waals surface area contributed by atoms with Crippen LogP contribution in [0.5, 0.6) is 5.75 Å². The van der Waals surface area contributed by atoms with Crippen LogP contribution in [0.4, 0.5) is 0 Å². The smallest absolute Gasteiger partial charge is 0.276 e. The summed E-state index contributed by atoms with van der Waals surface area (Å²) in [6.45, 7) is 1.95. The Morgan fingerprint density at radius 2 is 2.04 bits per heavy atom. The van der Waals surface area contributed by atoms with Crippen molar-refractivity contribution in [2.45, 2.75) is 20.1 Å². The molecule has 4 rings (SSSR count). The largest absolute Gasteiger partial charge is 0.482 e. The van der Waals surface area contributed by atoms with Gasteiger partial charge in [0.25, 0.3) is 5.91 Å². The van der Waals surface area contributed by atoms with Gasteiger partial charge in [0.1, 0.15) is 17.5 Å². The lowest BCUT2D eigenvalue weighted by Crippen LogP contribution is -2.26. The van der Waals surface area contributed by atoms with Crippen LogP contribution in [0.25, 0.3) is 10.9 Å². The number of hydrogen-bond acceptors (Lipinski definition) is 8. The fourth-order valence-corrected chi connectivity index (χ4v) is 2.68. The number of carbonyl (C=O) groups is 1. The summed E-state index contributed by atoms with van der Waals surface area (Å²) >= 11 is 0. The monoisotopic (exact) mass is 379 g/mol. The molecule has 0 fully saturated rings. The minimum Gasteiger partial charge on any atom is -0.482 e. The predicted molar refractivity (Wildman–Crippen MR) is 97.4 cm³/mol. The molecule has 0 saturated carbocycles. The number of rotatable bonds is 6. The fraction of sp³-hybridized carbons (Fsp3) is 0.211. The molecular weight excluding hydrogens is 362 g/mol. The zero-order valence-electron chi connectivity index (χ0n) is 15.3. The molecule has 0 radical (unpaired) electrons. The molecule has 0 bridgehead atoms. The van der Waals surface area contributed by atoms with Crippen LogP contribution >= 0.6 is 0 Å². The van der Waals surface area contributed by atoms with Crippen molar-refractivity contribution in [3.63, 3.8) is 0 Å². The second-order valence-corrected chi connectivity index (χ2v) is 6.12. The first-order chi connectivity index (χ1) is 13.6. The summed E-state index contributed by atoms with van der Waals surface area (Å²) in [6, 6.07) is 9.49. The van der Waals surface area contributed by atoms with E-state index in [0.29, 0.717) is 23.4 Å². The number of benzene rings is 1. The van der Waals surface area contributed by atoms with Crippen LogP contribution in [0.15, 0.2) is 51.6 Å². The van der Waals surface area contributed by atoms with Gasteiger partial charge in [0.2, 0.25) is 17.7 Å². The van der Waals surface area contributed by atoms with E-state index in [4.69, 9.17) is 13.6 Å². The van der Waals surface area contributed by atoms with E-state index in [1.807, 2.05) is 30.3 Å². The van der Waals surface area contributed by atoms with Gasteiger partial charge in [-0.25, -0.2) is 4.98 Å². The summed E-state index contributed by atoms with van der Waals surface area (Å²) in [5.74, 6) is 1.38. The Balaban J connectivity index is 1.41. The molecule has 0 aliphatic rings. The first-order valence-corrected chi connectivity index (χ1v) is 8.55. The summed E-state index contributed by atoms with van der Waals surface area (Å²) in [6.07, 6.45) is 3.01. The molecule has 0 aliphatic heterocycles. The lowest BCUT2D eigenvalue weighted by molar-refractivity contribution is 0.0766. The van der Waals surface area contributed by atoms with Gasteiger partial charge in [-0.3, -0.25) is 9.78 Å². The van der Waals surface area contributed by atoms with E-state index in [1.165, 1.54) is 11.2 Å². The molecule has 142 valence electrons. The van der Waals surface area contributed by atoms with Crippen molar-refractivity contribution in [2.75, 3.05) is 7.05 Å². The van der Waals surface area contributed by atoms with Gasteiger partial charge in [-0.15, -0.1) is 10.2 Å². The third-order valence-corrected chi connectivity index (χ3v) is 4.00. The van der Waals surface area contributed by atoms with E-state index in [9.17, 15) is 4.79 Å². The van der Waals surface area contributed by atoms with E-state index in [1.54, 1.807) is 20.2 Å². The quantitative estimate of drug-likeness (QED) is 0.503. The average Bonchev–Trinajstić information content (AvgIpc) is 3.34. The predicted octanol–water partition coefficient (Wildman–Crippen LogP) is 2.77. The first-order valence-electron chi connectivity index (χ1n) is 8.55. The van der Waals surface area contributed by atoms with Gasteiger partial charge < -0.3 is 18.5 Å². The summed E-state index contributed by atoms with van der Waals surface area (Å²) in [4.78, 5) is 22.4. The third-order valence-electron chi connectivity index (χ3n) is 4.00. The normalized spacial score (nSPS) is 10.9. The van der Waals surface area contributed by atoms with E-state index in [2.05, 4.69) is 20.2 Å². The highest BCUT2D eigenvalue weighted by atomic mass is 16.5. The van der Waals surface area contributed by atoms with Crippen LogP contribution in [0.3, 0.4) is 0 Å². The number of ether oxygens (including phenoxy) is 1. The molecular formula is C19H17N5O4. The van der Waals surface area contributed by atoms with Crippen LogP contribution < -0.4 is 4.74 Å². The topological polar surface area (TPSA) is 107 Å². The maximum Gasteiger partial charge on any atom is 0.276 e. The molecule has 1 amide bonds. The number of carbonyl (C=O) groups excluding carboxylic acids is 1. The second-order valence-electron chi connectivity index (χ2n) is 6.12. The molecule has 4 aromatic rings. The number of oxazole rings is 1. The van der Waals surface area contributed by atoms with E-state index in [-0.39, 0.29) is 24.8 Å². The number of pyridine rings is 1. The number of para-hydroxylation sites is 1. The van der Waals surface area contributed by atoms with E-state index in [0.717, 1.165) is 10.9 Å². The van der Waals surface area contributed by atoms with Crippen molar-refractivity contribution in [1.29, 1.82) is 0 Å². The molecule has 3 aromatic heterocycles. The maximum atomic E-state index is 12.5. The number of fused-ring (bicyclic) bond motifs is 1. The van der Waals surface area contributed by atoms with Gasteiger partial charge in [-0.2, -0.15) is 0 Å². The van der Waals surface area contributed by atoms with Crippen LogP contribution in [-0.4, -0.2) is 38.0 Å². The lowest BCUT2D eigenvalue weighted by Gasteiger charge is -2.12. The van der Waals surface area contributed by atoms with Gasteiger partial charge in [-0.1, -0.05) is 18.2 Å². The maximum absolute atomic E-state index is 12.5. The highest BCUT2D eigenvalue weighted by Crippen LogP contribution is 2.23. The number of aromatic nitrogens is 4. The van der Waals surface area contributed by atoms with Gasteiger partial charge in [0.15, 0.2) is 12.3 Å². The van der Waals surface area contributed by atoms with Crippen molar-refractivity contribution in [3.05, 3.63) is 66.2 Å². The number of nitrogens with zero attached hydrogens (tertiary/aromatic N) is 5. The average molecular weight is 379 g/mol. The van der Waals surface area contributed by atoms with Crippen molar-refractivity contribution in [2.24, 2.45) is 0 Å². The van der Waals surface area contributed by atoms with Crippen LogP contribution in [0.1, 0.15) is 28.2 Å². The van der Waals surface area contributed by atoms with Gasteiger partial charge >= 0.3 is 0 Å². The van der Waals surface area contributed by atoms with Gasteiger partial charge in [0, 0.05) is 25.6 Å². The molecule has 1 aromatic carbocycles. The molecule has 0 N–H and O–H groups in total. The Bertz CT molecular complexity index is 1110. The van der Waals surface area contributed by atoms with Crippen LogP contribution in [0, 0.1) is 6.92 Å². The Kier molecular flexibility index (Phi) is 4.71. The van der Waals surface area contributed by atoms with Crippen molar-refractivity contribution in [1.82, 2.24) is 25.1 Å². The standard InChI is InChI=1S/C19H17N5O4/c1-12-22-23-16(28-12)9-24(2)19(25)14-10-27-17(21-14)11-26-15-7-3-5-13-6-4-8-20-18(13)15/h3-8,10H,9,11H2,1-2H3. The number of amides is 1. The highest BCUT2D eigenvalue weighted by molar-refractivity contribution is 5.91. The van der Waals surface area contributed by atoms with Crippen LogP contribution in [-0.2, 0) is 13.2 Å². The third kappa shape index (κ3) is 3.68. The first kappa shape index (κ1) is 17.7. The Morgan fingerprint density at radius 3 is 2.86 bits per heavy atom. The minimum atomic E-state index is -0.322. The van der Waals surface area contributed by atoms with Crippen molar-refractivity contribution >= 4 is 16.8 Å². The Labute approximate surface area is 160 Å². The highest BCUT2D eigenvalue weighted by Gasteiger charge is 2.19. The van der Waals surface area contributed by atoms with Gasteiger partial charge in [-0.05, 0) is 12.1 Å². The summed E-state index contributed by atoms with van der Waals surface area (Å²) in [5, 5.41) is 8.59. The molecule has 0 saturated heterocycles. The number of aryl methyl sites for hydroxylation is 1. The lowest BCUT2D eigenvalue weighted by atomic mass is 10.2. The molecule has 9 nitrogen and oxygen atoms in total. The van der Waals surface area contributed by atoms with E-state index < -0.39 is 0 Å². The second kappa shape index (κ2) is 7.47. The zero-order chi connectivity index (χ0) is 19.5. The summed E-state index contributed by atoms with van der Waals surface area (Å²) < 4.78 is 16.4. The van der Waals surface area contributed by atoms with Crippen molar-refractivity contribution < 1.29 is 18.4 Å². The Hall–Kier alpha value is -3.75. The number of hydrogen-bond donors (Lipinski definition) is 0. The summed E-state index contributed by atoms with van der Waals surface area (Å²) in [7, 11) is 1.62. The van der Waals surface area contributed by atoms with Crippen molar-refractivity contribution in [3.8, 4) is 5.75 Å².